The lowest BCUT2D eigenvalue weighted by molar-refractivity contribution is -0.130. The molecule has 146 valence electrons. The van der Waals surface area contributed by atoms with E-state index in [9.17, 15) is 14.7 Å². The largest absolute Gasteiger partial charge is 0.386 e. The summed E-state index contributed by atoms with van der Waals surface area (Å²) < 4.78 is 3.89. The van der Waals surface area contributed by atoms with Crippen molar-refractivity contribution in [1.82, 2.24) is 24.1 Å². The number of amides is 1. The highest BCUT2D eigenvalue weighted by Gasteiger charge is 2.23. The minimum absolute atomic E-state index is 0.0321. The summed E-state index contributed by atoms with van der Waals surface area (Å²) in [5, 5.41) is 14.8. The van der Waals surface area contributed by atoms with Crippen molar-refractivity contribution in [2.24, 2.45) is 7.05 Å². The second kappa shape index (κ2) is 7.66. The zero-order valence-corrected chi connectivity index (χ0v) is 16.3. The number of hydrogen-bond donors (Lipinski definition) is 1. The fourth-order valence-electron chi connectivity index (χ4n) is 3.28. The maximum atomic E-state index is 11.8. The molecule has 3 rings (SSSR count). The second-order valence-electron chi connectivity index (χ2n) is 7.39. The lowest BCUT2D eigenvalue weighted by atomic mass is 10.1. The van der Waals surface area contributed by atoms with E-state index in [1.54, 1.807) is 21.0 Å². The first-order valence-electron chi connectivity index (χ1n) is 9.08. The molecule has 0 bridgehead atoms. The van der Waals surface area contributed by atoms with E-state index >= 15 is 0 Å². The van der Waals surface area contributed by atoms with Gasteiger partial charge in [-0.3, -0.25) is 19.2 Å². The van der Waals surface area contributed by atoms with Crippen molar-refractivity contribution < 1.29 is 14.7 Å². The molecule has 0 radical (unpaired) electrons. The minimum atomic E-state index is -0.891. The lowest BCUT2D eigenvalue weighted by Gasteiger charge is -2.27. The predicted molar refractivity (Wildman–Crippen MR) is 100 cm³/mol. The van der Waals surface area contributed by atoms with Gasteiger partial charge < -0.3 is 14.6 Å². The summed E-state index contributed by atoms with van der Waals surface area (Å²) in [7, 11) is 5.30. The molecule has 8 nitrogen and oxygen atoms in total. The van der Waals surface area contributed by atoms with Gasteiger partial charge in [-0.15, -0.1) is 0 Å². The quantitative estimate of drug-likeness (QED) is 0.763. The Morgan fingerprint density at radius 2 is 2.04 bits per heavy atom. The van der Waals surface area contributed by atoms with Crippen LogP contribution >= 0.6 is 0 Å². The van der Waals surface area contributed by atoms with Crippen molar-refractivity contribution in [3.05, 3.63) is 41.0 Å². The third-order valence-corrected chi connectivity index (χ3v) is 5.00. The maximum absolute atomic E-state index is 11.8. The van der Waals surface area contributed by atoms with Crippen LogP contribution in [0.25, 0.3) is 0 Å². The third-order valence-electron chi connectivity index (χ3n) is 5.00. The zero-order chi connectivity index (χ0) is 19.7. The van der Waals surface area contributed by atoms with Crippen LogP contribution in [0.3, 0.4) is 0 Å². The minimum Gasteiger partial charge on any atom is -0.386 e. The average molecular weight is 373 g/mol. The SMILES string of the molecule is CC(=O)c1cc(CN2CCn3nc(C(O)CC(=O)N(C)C)cc3C2)n(C)c1. The molecule has 2 aromatic rings. The molecule has 1 unspecified atom stereocenters. The molecule has 0 aliphatic carbocycles. The van der Waals surface area contributed by atoms with Crippen LogP contribution in [0.5, 0.6) is 0 Å². The highest BCUT2D eigenvalue weighted by molar-refractivity contribution is 5.94. The van der Waals surface area contributed by atoms with Crippen LogP contribution in [0.4, 0.5) is 0 Å². The van der Waals surface area contributed by atoms with Crippen molar-refractivity contribution in [3.8, 4) is 0 Å². The van der Waals surface area contributed by atoms with E-state index in [0.29, 0.717) is 12.2 Å². The van der Waals surface area contributed by atoms with Gasteiger partial charge in [-0.2, -0.15) is 5.10 Å². The number of carbonyl (C=O) groups excluding carboxylic acids is 2. The van der Waals surface area contributed by atoms with Crippen molar-refractivity contribution in [3.63, 3.8) is 0 Å². The average Bonchev–Trinajstić information content (AvgIpc) is 3.18. The Morgan fingerprint density at radius 3 is 2.67 bits per heavy atom. The number of hydrogen-bond acceptors (Lipinski definition) is 5. The fourth-order valence-corrected chi connectivity index (χ4v) is 3.28. The summed E-state index contributed by atoms with van der Waals surface area (Å²) in [6, 6.07) is 3.82. The van der Waals surface area contributed by atoms with Gasteiger partial charge in [0.05, 0.1) is 24.4 Å². The molecule has 1 N–H and O–H groups in total. The van der Waals surface area contributed by atoms with Crippen LogP contribution in [-0.4, -0.2) is 61.6 Å². The van der Waals surface area contributed by atoms with Gasteiger partial charge in [0, 0.05) is 58.2 Å². The first-order chi connectivity index (χ1) is 12.7. The second-order valence-corrected chi connectivity index (χ2v) is 7.39. The molecule has 0 saturated carbocycles. The highest BCUT2D eigenvalue weighted by atomic mass is 16.3. The van der Waals surface area contributed by atoms with E-state index in [1.807, 2.05) is 34.6 Å². The number of ketones is 1. The molecule has 1 aliphatic rings. The Kier molecular flexibility index (Phi) is 5.48. The van der Waals surface area contributed by atoms with Crippen LogP contribution in [0.2, 0.25) is 0 Å². The Balaban J connectivity index is 1.67. The maximum Gasteiger partial charge on any atom is 0.225 e. The molecular weight excluding hydrogens is 346 g/mol. The molecule has 1 atom stereocenters. The molecule has 2 aromatic heterocycles. The number of nitrogens with zero attached hydrogens (tertiary/aromatic N) is 5. The van der Waals surface area contributed by atoms with Crippen molar-refractivity contribution in [2.75, 3.05) is 20.6 Å². The summed E-state index contributed by atoms with van der Waals surface area (Å²) >= 11 is 0. The molecular formula is C19H27N5O3. The molecule has 0 aromatic carbocycles. The number of aromatic nitrogens is 3. The van der Waals surface area contributed by atoms with Gasteiger partial charge in [-0.1, -0.05) is 0 Å². The van der Waals surface area contributed by atoms with Crippen molar-refractivity contribution >= 4 is 11.7 Å². The Labute approximate surface area is 159 Å². The molecule has 0 spiro atoms. The summed E-state index contributed by atoms with van der Waals surface area (Å²) in [5.41, 5.74) is 3.38. The van der Waals surface area contributed by atoms with E-state index in [4.69, 9.17) is 0 Å². The Hall–Kier alpha value is -2.45. The fraction of sp³-hybridized carbons (Fsp3) is 0.526. The lowest BCUT2D eigenvalue weighted by Crippen LogP contribution is -2.33. The van der Waals surface area contributed by atoms with Gasteiger partial charge in [-0.25, -0.2) is 0 Å². The molecule has 27 heavy (non-hydrogen) atoms. The van der Waals surface area contributed by atoms with Crippen LogP contribution in [0, 0.1) is 0 Å². The van der Waals surface area contributed by atoms with Crippen LogP contribution < -0.4 is 0 Å². The third kappa shape index (κ3) is 4.28. The number of aliphatic hydroxyl groups excluding tert-OH is 1. The van der Waals surface area contributed by atoms with Gasteiger partial charge in [0.2, 0.25) is 5.91 Å². The Bertz CT molecular complexity index is 852. The monoisotopic (exact) mass is 373 g/mol. The number of fused-ring (bicyclic) bond motifs is 1. The van der Waals surface area contributed by atoms with E-state index in [0.717, 1.165) is 36.6 Å². The van der Waals surface area contributed by atoms with Gasteiger partial charge in [0.1, 0.15) is 6.10 Å². The van der Waals surface area contributed by atoms with E-state index in [2.05, 4.69) is 10.00 Å². The standard InChI is InChI=1S/C19H27N5O3/c1-13(25)14-7-15(22(4)10-14)11-23-5-6-24-16(12-23)8-17(20-24)18(26)9-19(27)21(2)3/h7-8,10,18,26H,5-6,9,11-12H2,1-4H3. The van der Waals surface area contributed by atoms with E-state index in [1.165, 1.54) is 4.90 Å². The number of carbonyl (C=O) groups is 2. The van der Waals surface area contributed by atoms with E-state index < -0.39 is 6.10 Å². The van der Waals surface area contributed by atoms with Crippen LogP contribution in [-0.2, 0) is 31.5 Å². The Morgan fingerprint density at radius 1 is 1.30 bits per heavy atom. The highest BCUT2D eigenvalue weighted by Crippen LogP contribution is 2.22. The van der Waals surface area contributed by atoms with Gasteiger partial charge >= 0.3 is 0 Å². The predicted octanol–water partition coefficient (Wildman–Crippen LogP) is 0.952. The molecule has 3 heterocycles. The molecule has 0 saturated heterocycles. The first-order valence-corrected chi connectivity index (χ1v) is 9.08. The zero-order valence-electron chi connectivity index (χ0n) is 16.3. The van der Waals surface area contributed by atoms with Crippen molar-refractivity contribution in [1.29, 1.82) is 0 Å². The number of Topliss-reactive ketones (excluding diaryl/α,β-unsaturated/α-hetero) is 1. The summed E-state index contributed by atoms with van der Waals surface area (Å²) in [6.45, 7) is 4.59. The van der Waals surface area contributed by atoms with Crippen LogP contribution in [0.15, 0.2) is 18.3 Å². The molecule has 1 amide bonds. The summed E-state index contributed by atoms with van der Waals surface area (Å²) in [5.74, 6) is -0.0560. The molecule has 1 aliphatic heterocycles. The first kappa shape index (κ1) is 19.3. The summed E-state index contributed by atoms with van der Waals surface area (Å²) in [4.78, 5) is 27.1. The smallest absolute Gasteiger partial charge is 0.225 e. The molecule has 0 fully saturated rings. The topological polar surface area (TPSA) is 83.6 Å². The van der Waals surface area contributed by atoms with E-state index in [-0.39, 0.29) is 18.1 Å². The van der Waals surface area contributed by atoms with Gasteiger partial charge in [-0.05, 0) is 19.1 Å². The molecule has 8 heteroatoms. The van der Waals surface area contributed by atoms with Crippen molar-refractivity contribution in [2.45, 2.75) is 39.1 Å². The van der Waals surface area contributed by atoms with Gasteiger partial charge in [0.15, 0.2) is 5.78 Å². The number of aliphatic hydroxyl groups is 1. The summed E-state index contributed by atoms with van der Waals surface area (Å²) in [6.07, 6.45) is 1.00. The van der Waals surface area contributed by atoms with Crippen LogP contribution in [0.1, 0.15) is 46.9 Å². The number of aryl methyl sites for hydroxylation is 1. The number of rotatable bonds is 6. The normalized spacial score (nSPS) is 15.4. The van der Waals surface area contributed by atoms with Gasteiger partial charge in [0.25, 0.3) is 0 Å².